The summed E-state index contributed by atoms with van der Waals surface area (Å²) in [5, 5.41) is 86.9. The third-order valence-electron chi connectivity index (χ3n) is 13.2. The number of unbranched alkanes of at least 4 members (excludes halogenated alkanes) is 23. The van der Waals surface area contributed by atoms with Gasteiger partial charge in [-0.25, -0.2) is 0 Å². The summed E-state index contributed by atoms with van der Waals surface area (Å²) >= 11 is 0. The molecule has 2 fully saturated rings. The van der Waals surface area contributed by atoms with E-state index in [9.17, 15) is 45.6 Å². The van der Waals surface area contributed by atoms with Crippen LogP contribution in [-0.4, -0.2) is 140 Å². The number of hydrogen-bond acceptors (Lipinski definition) is 13. The molecule has 0 aromatic heterocycles. The minimum Gasteiger partial charge on any atom is -0.394 e. The average Bonchev–Trinajstić information content (AvgIpc) is 3.35. The maximum Gasteiger partial charge on any atom is 0.220 e. The lowest BCUT2D eigenvalue weighted by Gasteiger charge is -2.46. The molecule has 0 radical (unpaired) electrons. The first kappa shape index (κ1) is 63.1. The third-order valence-corrected chi connectivity index (χ3v) is 13.2. The summed E-state index contributed by atoms with van der Waals surface area (Å²) in [6.45, 7) is 2.74. The average molecular weight is 982 g/mol. The van der Waals surface area contributed by atoms with E-state index in [0.29, 0.717) is 12.8 Å². The molecule has 2 aliphatic rings. The predicted molar refractivity (Wildman–Crippen MR) is 272 cm³/mol. The second-order valence-electron chi connectivity index (χ2n) is 19.3. The summed E-state index contributed by atoms with van der Waals surface area (Å²) in [5.41, 5.74) is 0. The SMILES string of the molecule is CCCCCC/C=C\C/C=C\CCCCCCCC(=O)NC(COC1OC(CO)C(OC2OC(CO)C(O)C(O)C2O)C(O)C1O)C(O)/C=C/CC/C=C/CCCCCCCCCCCCCCC. The van der Waals surface area contributed by atoms with E-state index in [1.54, 1.807) is 6.08 Å². The van der Waals surface area contributed by atoms with E-state index >= 15 is 0 Å². The van der Waals surface area contributed by atoms with E-state index in [0.717, 1.165) is 57.8 Å². The molecule has 14 nitrogen and oxygen atoms in total. The minimum absolute atomic E-state index is 0.256. The number of rotatable bonds is 42. The lowest BCUT2D eigenvalue weighted by molar-refractivity contribution is -0.359. The monoisotopic (exact) mass is 982 g/mol. The van der Waals surface area contributed by atoms with E-state index in [4.69, 9.17) is 18.9 Å². The smallest absolute Gasteiger partial charge is 0.220 e. The van der Waals surface area contributed by atoms with E-state index in [2.05, 4.69) is 55.6 Å². The maximum atomic E-state index is 13.2. The molecule has 14 heteroatoms. The van der Waals surface area contributed by atoms with Crippen LogP contribution in [0.5, 0.6) is 0 Å². The number of carbonyl (C=O) groups excluding carboxylic acids is 1. The summed E-state index contributed by atoms with van der Waals surface area (Å²) in [6, 6.07) is -0.939. The van der Waals surface area contributed by atoms with Crippen LogP contribution in [0.4, 0.5) is 0 Å². The molecule has 0 spiro atoms. The first-order valence-electron chi connectivity index (χ1n) is 27.4. The molecule has 2 rings (SSSR count). The number of nitrogens with one attached hydrogen (secondary N) is 1. The number of carbonyl (C=O) groups is 1. The van der Waals surface area contributed by atoms with Crippen LogP contribution in [0, 0.1) is 0 Å². The molecule has 9 N–H and O–H groups in total. The fourth-order valence-corrected chi connectivity index (χ4v) is 8.75. The Morgan fingerprint density at radius 3 is 1.52 bits per heavy atom. The lowest BCUT2D eigenvalue weighted by atomic mass is 9.97. The van der Waals surface area contributed by atoms with Crippen molar-refractivity contribution in [3.05, 3.63) is 48.6 Å². The highest BCUT2D eigenvalue weighted by atomic mass is 16.7. The zero-order chi connectivity index (χ0) is 50.3. The van der Waals surface area contributed by atoms with Crippen molar-refractivity contribution in [2.75, 3.05) is 19.8 Å². The molecular formula is C55H99NO13. The standard InChI is InChI=1S/C55H99NO13/c1-3-5-7-9-11-13-15-17-19-21-22-23-24-26-28-30-32-34-36-38-44(59)43(56-47(60)39-37-35-33-31-29-27-25-20-18-16-14-12-10-8-6-4-2)42-66-54-52(65)50(63)53(46(41-58)68-54)69-55-51(64)49(62)48(61)45(40-57)67-55/h14,16,20,25,28,30,36,38,43-46,48-55,57-59,61-65H,3-13,15,17-19,21-24,26-27,29,31-35,37,39-42H2,1-2H3,(H,56,60)/b16-14-,25-20-,30-28+,38-36+. The van der Waals surface area contributed by atoms with Gasteiger partial charge in [-0.3, -0.25) is 4.79 Å². The van der Waals surface area contributed by atoms with Gasteiger partial charge in [0.25, 0.3) is 0 Å². The Kier molecular flexibility index (Phi) is 37.9. The Morgan fingerprint density at radius 2 is 0.971 bits per heavy atom. The van der Waals surface area contributed by atoms with Crippen LogP contribution in [0.25, 0.3) is 0 Å². The molecular weight excluding hydrogens is 883 g/mol. The predicted octanol–water partition coefficient (Wildman–Crippen LogP) is 8.05. The van der Waals surface area contributed by atoms with Gasteiger partial charge in [-0.1, -0.05) is 178 Å². The van der Waals surface area contributed by atoms with Gasteiger partial charge in [-0.2, -0.15) is 0 Å². The number of aliphatic hydroxyl groups excluding tert-OH is 8. The van der Waals surface area contributed by atoms with E-state index in [1.807, 2.05) is 6.08 Å². The number of amides is 1. The summed E-state index contributed by atoms with van der Waals surface area (Å²) < 4.78 is 22.7. The first-order chi connectivity index (χ1) is 33.6. The van der Waals surface area contributed by atoms with Crippen molar-refractivity contribution in [1.29, 1.82) is 0 Å². The number of hydrogen-bond donors (Lipinski definition) is 9. The van der Waals surface area contributed by atoms with Gasteiger partial charge in [0, 0.05) is 6.42 Å². The summed E-state index contributed by atoms with van der Waals surface area (Å²) in [7, 11) is 0. The van der Waals surface area contributed by atoms with E-state index in [-0.39, 0.29) is 18.9 Å². The molecule has 402 valence electrons. The Hall–Kier alpha value is -2.05. The zero-order valence-corrected chi connectivity index (χ0v) is 42.8. The van der Waals surface area contributed by atoms with Crippen LogP contribution in [-0.2, 0) is 23.7 Å². The molecule has 0 bridgehead atoms. The number of allylic oxidation sites excluding steroid dienone is 7. The lowest BCUT2D eigenvalue weighted by Crippen LogP contribution is -2.65. The fourth-order valence-electron chi connectivity index (χ4n) is 8.75. The topological polar surface area (TPSA) is 228 Å². The minimum atomic E-state index is -1.79. The van der Waals surface area contributed by atoms with Gasteiger partial charge in [0.15, 0.2) is 12.6 Å². The van der Waals surface area contributed by atoms with Crippen molar-refractivity contribution in [3.63, 3.8) is 0 Å². The van der Waals surface area contributed by atoms with Crippen LogP contribution in [0.3, 0.4) is 0 Å². The molecule has 12 unspecified atom stereocenters. The van der Waals surface area contributed by atoms with Crippen molar-refractivity contribution in [1.82, 2.24) is 5.32 Å². The van der Waals surface area contributed by atoms with Gasteiger partial charge < -0.3 is 65.1 Å². The molecule has 2 saturated heterocycles. The van der Waals surface area contributed by atoms with Crippen molar-refractivity contribution in [2.24, 2.45) is 0 Å². The maximum absolute atomic E-state index is 13.2. The Bertz CT molecular complexity index is 1340. The molecule has 12 atom stereocenters. The Morgan fingerprint density at radius 1 is 0.522 bits per heavy atom. The van der Waals surface area contributed by atoms with Crippen LogP contribution in [0.2, 0.25) is 0 Å². The number of aliphatic hydroxyl groups is 8. The van der Waals surface area contributed by atoms with Gasteiger partial charge in [-0.05, 0) is 64.2 Å². The molecule has 0 aromatic carbocycles. The molecule has 0 aliphatic carbocycles. The van der Waals surface area contributed by atoms with Crippen molar-refractivity contribution in [3.8, 4) is 0 Å². The highest BCUT2D eigenvalue weighted by Crippen LogP contribution is 2.30. The van der Waals surface area contributed by atoms with E-state index < -0.39 is 86.8 Å². The van der Waals surface area contributed by atoms with E-state index in [1.165, 1.54) is 109 Å². The largest absolute Gasteiger partial charge is 0.394 e. The first-order valence-corrected chi connectivity index (χ1v) is 27.4. The summed E-state index contributed by atoms with van der Waals surface area (Å²) in [6.07, 6.45) is 32.9. The summed E-state index contributed by atoms with van der Waals surface area (Å²) in [5.74, 6) is -0.264. The second-order valence-corrected chi connectivity index (χ2v) is 19.3. The van der Waals surface area contributed by atoms with Crippen molar-refractivity contribution in [2.45, 2.75) is 274 Å². The quantitative estimate of drug-likeness (QED) is 0.0209. The van der Waals surface area contributed by atoms with Gasteiger partial charge in [-0.15, -0.1) is 0 Å². The second kappa shape index (κ2) is 41.4. The van der Waals surface area contributed by atoms with Gasteiger partial charge in [0.1, 0.15) is 48.8 Å². The molecule has 1 amide bonds. The Labute approximate surface area is 416 Å². The fraction of sp³-hybridized carbons (Fsp3) is 0.836. The molecule has 2 aliphatic heterocycles. The molecule has 69 heavy (non-hydrogen) atoms. The third kappa shape index (κ3) is 28.1. The zero-order valence-electron chi connectivity index (χ0n) is 42.8. The van der Waals surface area contributed by atoms with Crippen LogP contribution >= 0.6 is 0 Å². The normalized spacial score (nSPS) is 26.5. The van der Waals surface area contributed by atoms with Crippen molar-refractivity contribution >= 4 is 5.91 Å². The van der Waals surface area contributed by atoms with Gasteiger partial charge in [0.2, 0.25) is 5.91 Å². The summed E-state index contributed by atoms with van der Waals surface area (Å²) in [4.78, 5) is 13.2. The highest BCUT2D eigenvalue weighted by molar-refractivity contribution is 5.76. The Balaban J connectivity index is 1.85. The van der Waals surface area contributed by atoms with Crippen molar-refractivity contribution < 1.29 is 64.6 Å². The van der Waals surface area contributed by atoms with Crippen LogP contribution in [0.15, 0.2) is 48.6 Å². The van der Waals surface area contributed by atoms with Crippen LogP contribution < -0.4 is 5.32 Å². The van der Waals surface area contributed by atoms with Gasteiger partial charge >= 0.3 is 0 Å². The number of ether oxygens (including phenoxy) is 4. The van der Waals surface area contributed by atoms with Gasteiger partial charge in [0.05, 0.1) is 32.0 Å². The highest BCUT2D eigenvalue weighted by Gasteiger charge is 2.51. The molecule has 0 saturated carbocycles. The molecule has 0 aromatic rings. The van der Waals surface area contributed by atoms with Crippen LogP contribution in [0.1, 0.15) is 200 Å². The molecule has 2 heterocycles.